The van der Waals surface area contributed by atoms with Crippen molar-refractivity contribution in [3.05, 3.63) is 97.7 Å². The van der Waals surface area contributed by atoms with Crippen LogP contribution in [0.4, 0.5) is 0 Å². The smallest absolute Gasteiger partial charge is 0.348 e. The maximum absolute atomic E-state index is 11.8. The summed E-state index contributed by atoms with van der Waals surface area (Å²) in [4.78, 5) is 13.7. The van der Waals surface area contributed by atoms with Crippen LogP contribution >= 0.6 is 27.3 Å². The minimum atomic E-state index is -0.248. The zero-order valence-corrected chi connectivity index (χ0v) is 26.3. The van der Waals surface area contributed by atoms with Crippen LogP contribution in [-0.4, -0.2) is 20.2 Å². The number of thiophene rings is 1. The number of hydrogen-bond acceptors (Lipinski definition) is 5. The molecular formula is C34H41BrO4S. The molecule has 0 saturated heterocycles. The highest BCUT2D eigenvalue weighted by atomic mass is 79.9. The second-order valence-electron chi connectivity index (χ2n) is 10.5. The molecule has 2 aromatic carbocycles. The first-order valence-electron chi connectivity index (χ1n) is 14.4. The number of carbonyl (C=O) groups is 1. The summed E-state index contributed by atoms with van der Waals surface area (Å²) in [5.74, 6) is 1.58. The van der Waals surface area contributed by atoms with Crippen LogP contribution in [0.5, 0.6) is 5.75 Å². The average molecular weight is 626 g/mol. The Morgan fingerprint density at radius 2 is 1.77 bits per heavy atom. The van der Waals surface area contributed by atoms with Gasteiger partial charge in [0.15, 0.2) is 0 Å². The molecule has 214 valence electrons. The quantitative estimate of drug-likeness (QED) is 0.125. The highest BCUT2D eigenvalue weighted by Crippen LogP contribution is 2.45. The largest absolute Gasteiger partial charge is 0.497 e. The normalized spacial score (nSPS) is 17.4. The number of benzene rings is 2. The molecule has 40 heavy (non-hydrogen) atoms. The number of halogens is 1. The third kappa shape index (κ3) is 8.31. The molecule has 0 bridgehead atoms. The van der Waals surface area contributed by atoms with Gasteiger partial charge < -0.3 is 14.2 Å². The molecule has 0 aliphatic heterocycles. The van der Waals surface area contributed by atoms with Gasteiger partial charge in [0.25, 0.3) is 0 Å². The summed E-state index contributed by atoms with van der Waals surface area (Å²) >= 11 is 5.42. The number of hydrogen-bond donors (Lipinski definition) is 0. The van der Waals surface area contributed by atoms with Gasteiger partial charge in [-0.25, -0.2) is 4.79 Å². The number of methoxy groups -OCH3 is 2. The van der Waals surface area contributed by atoms with Crippen LogP contribution < -0.4 is 4.74 Å². The monoisotopic (exact) mass is 624 g/mol. The lowest BCUT2D eigenvalue weighted by atomic mass is 9.84. The Morgan fingerprint density at radius 1 is 1.00 bits per heavy atom. The van der Waals surface area contributed by atoms with Crippen molar-refractivity contribution in [2.45, 2.75) is 76.9 Å². The van der Waals surface area contributed by atoms with E-state index >= 15 is 0 Å². The van der Waals surface area contributed by atoms with Crippen molar-refractivity contribution in [1.82, 2.24) is 0 Å². The highest BCUT2D eigenvalue weighted by molar-refractivity contribution is 9.11. The fourth-order valence-corrected chi connectivity index (χ4v) is 7.28. The maximum Gasteiger partial charge on any atom is 0.348 e. The first-order chi connectivity index (χ1) is 19.5. The van der Waals surface area contributed by atoms with Gasteiger partial charge in [0.2, 0.25) is 0 Å². The Balaban J connectivity index is 1.37. The number of esters is 1. The van der Waals surface area contributed by atoms with E-state index in [4.69, 9.17) is 14.2 Å². The van der Waals surface area contributed by atoms with Gasteiger partial charge in [-0.3, -0.25) is 0 Å². The second-order valence-corrected chi connectivity index (χ2v) is 12.6. The minimum absolute atomic E-state index is 0.0849. The van der Waals surface area contributed by atoms with Crippen molar-refractivity contribution in [3.63, 3.8) is 0 Å². The van der Waals surface area contributed by atoms with E-state index in [1.54, 1.807) is 18.4 Å². The van der Waals surface area contributed by atoms with E-state index in [2.05, 4.69) is 71.4 Å². The summed E-state index contributed by atoms with van der Waals surface area (Å²) < 4.78 is 17.9. The summed E-state index contributed by atoms with van der Waals surface area (Å²) in [5, 5.41) is 0. The molecule has 0 fully saturated rings. The molecule has 1 unspecified atom stereocenters. The van der Waals surface area contributed by atoms with Crippen LogP contribution in [0.25, 0.3) is 0 Å². The average Bonchev–Trinajstić information content (AvgIpc) is 3.61. The van der Waals surface area contributed by atoms with Crippen LogP contribution in [-0.2, 0) is 22.5 Å². The third-order valence-electron chi connectivity index (χ3n) is 7.78. The molecule has 0 radical (unpaired) electrons. The van der Waals surface area contributed by atoms with E-state index in [0.29, 0.717) is 23.3 Å². The number of rotatable bonds is 15. The van der Waals surface area contributed by atoms with Crippen LogP contribution in [0.2, 0.25) is 0 Å². The molecule has 1 heterocycles. The third-order valence-corrected chi connectivity index (χ3v) is 9.72. The predicted molar refractivity (Wildman–Crippen MR) is 168 cm³/mol. The summed E-state index contributed by atoms with van der Waals surface area (Å²) in [7, 11) is 3.12. The Hall–Kier alpha value is -2.41. The molecule has 1 aliphatic rings. The van der Waals surface area contributed by atoms with Crippen LogP contribution in [0.1, 0.15) is 95.1 Å². The number of ether oxygens (including phenoxy) is 3. The SMILES string of the molecule is CCCCCC(OCc1ccc(OC)cc1)c1ccc([C@H]2C(Br)=CC[C@@H]2CCCc2ccc(C(=O)OC)s2)cc1. The first-order valence-corrected chi connectivity index (χ1v) is 16.0. The maximum atomic E-state index is 11.8. The van der Waals surface area contributed by atoms with Gasteiger partial charge in [0, 0.05) is 10.8 Å². The molecule has 4 nitrogen and oxygen atoms in total. The fraction of sp³-hybridized carbons (Fsp3) is 0.441. The molecule has 0 spiro atoms. The van der Waals surface area contributed by atoms with Gasteiger partial charge >= 0.3 is 5.97 Å². The fourth-order valence-electron chi connectivity index (χ4n) is 5.49. The van der Waals surface area contributed by atoms with Gasteiger partial charge in [0.1, 0.15) is 10.6 Å². The van der Waals surface area contributed by atoms with E-state index in [1.807, 2.05) is 18.2 Å². The second kappa shape index (κ2) is 15.6. The Kier molecular flexibility index (Phi) is 11.9. The molecule has 0 saturated carbocycles. The summed E-state index contributed by atoms with van der Waals surface area (Å²) in [5.41, 5.74) is 3.77. The molecular weight excluding hydrogens is 584 g/mol. The molecule has 0 N–H and O–H groups in total. The van der Waals surface area contributed by atoms with Crippen molar-refractivity contribution in [2.24, 2.45) is 5.92 Å². The van der Waals surface area contributed by atoms with Crippen molar-refractivity contribution in [2.75, 3.05) is 14.2 Å². The zero-order chi connectivity index (χ0) is 28.3. The Bertz CT molecular complexity index is 1230. The van der Waals surface area contributed by atoms with Gasteiger partial charge in [0.05, 0.1) is 26.9 Å². The standard InChI is InChI=1S/C34H41BrO4S/c1-4-5-6-10-31(39-23-24-11-18-28(37-2)19-12-24)25-13-15-27(16-14-25)33-26(17-21-30(33)35)8-7-9-29-20-22-32(40-29)34(36)38-3/h11-16,18-22,26,31,33H,4-10,17,23H2,1-3H3/t26-,31?,33-/m0/s1. The lowest BCUT2D eigenvalue weighted by Gasteiger charge is -2.23. The zero-order valence-electron chi connectivity index (χ0n) is 23.9. The Labute approximate surface area is 251 Å². The van der Waals surface area contributed by atoms with Gasteiger partial charge in [-0.05, 0) is 83.5 Å². The van der Waals surface area contributed by atoms with E-state index in [-0.39, 0.29) is 12.1 Å². The van der Waals surface area contributed by atoms with Gasteiger partial charge in [-0.15, -0.1) is 11.3 Å². The van der Waals surface area contributed by atoms with Crippen LogP contribution in [0.3, 0.4) is 0 Å². The molecule has 6 heteroatoms. The minimum Gasteiger partial charge on any atom is -0.497 e. The first kappa shape index (κ1) is 30.5. The number of carbonyl (C=O) groups excluding carboxylic acids is 1. The molecule has 3 atom stereocenters. The van der Waals surface area contributed by atoms with Crippen molar-refractivity contribution in [1.29, 1.82) is 0 Å². The molecule has 4 rings (SSSR count). The predicted octanol–water partition coefficient (Wildman–Crippen LogP) is 9.79. The summed E-state index contributed by atoms with van der Waals surface area (Å²) in [6.45, 7) is 2.83. The van der Waals surface area contributed by atoms with Crippen molar-refractivity contribution < 1.29 is 19.0 Å². The number of aryl methyl sites for hydroxylation is 1. The summed E-state index contributed by atoms with van der Waals surface area (Å²) in [6.07, 6.45) is 11.4. The number of allylic oxidation sites excluding steroid dienone is 2. The molecule has 1 aromatic heterocycles. The topological polar surface area (TPSA) is 44.8 Å². The highest BCUT2D eigenvalue weighted by Gasteiger charge is 2.29. The molecule has 0 amide bonds. The van der Waals surface area contributed by atoms with E-state index in [9.17, 15) is 4.79 Å². The molecule has 3 aromatic rings. The van der Waals surface area contributed by atoms with Crippen molar-refractivity contribution in [3.8, 4) is 5.75 Å². The van der Waals surface area contributed by atoms with Gasteiger partial charge in [-0.2, -0.15) is 0 Å². The van der Waals surface area contributed by atoms with Gasteiger partial charge in [-0.1, -0.05) is 84.6 Å². The number of unbranched alkanes of at least 4 members (excludes halogenated alkanes) is 2. The van der Waals surface area contributed by atoms with E-state index in [0.717, 1.165) is 49.8 Å². The van der Waals surface area contributed by atoms with E-state index in [1.165, 1.54) is 40.4 Å². The van der Waals surface area contributed by atoms with Crippen LogP contribution in [0, 0.1) is 5.92 Å². The van der Waals surface area contributed by atoms with Crippen LogP contribution in [0.15, 0.2) is 71.2 Å². The lowest BCUT2D eigenvalue weighted by Crippen LogP contribution is -2.10. The van der Waals surface area contributed by atoms with E-state index < -0.39 is 0 Å². The van der Waals surface area contributed by atoms with Crippen molar-refractivity contribution >= 4 is 33.2 Å². The molecule has 1 aliphatic carbocycles. The summed E-state index contributed by atoms with van der Waals surface area (Å²) in [6, 6.07) is 21.2. The Morgan fingerprint density at radius 3 is 2.48 bits per heavy atom. The lowest BCUT2D eigenvalue weighted by molar-refractivity contribution is 0.0321.